The number of β-lactam (4-membered cyclic amide) rings is 1. The molecule has 2 aromatic carbocycles. The fraction of sp³-hybridized carbons (Fsp3) is 0.320. The molecule has 0 saturated carbocycles. The van der Waals surface area contributed by atoms with Gasteiger partial charge in [-0.15, -0.1) is 0 Å². The average molecular weight is 432 g/mol. The van der Waals surface area contributed by atoms with Gasteiger partial charge in [0.1, 0.15) is 11.5 Å². The number of hydrogen-bond donors (Lipinski definition) is 0. The van der Waals surface area contributed by atoms with Crippen LogP contribution in [-0.2, 0) is 11.3 Å². The van der Waals surface area contributed by atoms with Crippen LogP contribution in [0.2, 0.25) is 0 Å². The maximum Gasteiger partial charge on any atom is 0.272 e. The minimum absolute atomic E-state index is 0.00246. The predicted molar refractivity (Wildman–Crippen MR) is 119 cm³/mol. The Labute approximate surface area is 186 Å². The summed E-state index contributed by atoms with van der Waals surface area (Å²) < 4.78 is 15.6. The molecule has 1 atom stereocenters. The van der Waals surface area contributed by atoms with Crippen LogP contribution in [0.15, 0.2) is 66.9 Å². The number of amides is 2. The molecule has 7 heteroatoms. The van der Waals surface area contributed by atoms with Crippen LogP contribution >= 0.6 is 0 Å². The van der Waals surface area contributed by atoms with Crippen molar-refractivity contribution < 1.29 is 14.0 Å². The number of hydrogen-bond acceptors (Lipinski definition) is 3. The Kier molecular flexibility index (Phi) is 5.04. The lowest BCUT2D eigenvalue weighted by atomic mass is 9.62. The Morgan fingerprint density at radius 2 is 1.84 bits per heavy atom. The van der Waals surface area contributed by atoms with Crippen molar-refractivity contribution in [3.05, 3.63) is 83.9 Å². The molecule has 2 aliphatic rings. The average Bonchev–Trinajstić information content (AvgIpc) is 3.31. The molecule has 5 rings (SSSR count). The number of halogens is 1. The summed E-state index contributed by atoms with van der Waals surface area (Å²) in [5.41, 5.74) is 1.58. The second kappa shape index (κ2) is 7.89. The van der Waals surface area contributed by atoms with Gasteiger partial charge >= 0.3 is 0 Å². The number of anilines is 1. The number of aromatic nitrogens is 2. The second-order valence-electron chi connectivity index (χ2n) is 8.45. The van der Waals surface area contributed by atoms with E-state index in [1.807, 2.05) is 42.2 Å². The topological polar surface area (TPSA) is 58.4 Å². The zero-order valence-electron chi connectivity index (χ0n) is 17.9. The molecular formula is C25H25FN4O2. The van der Waals surface area contributed by atoms with Crippen molar-refractivity contribution in [1.29, 1.82) is 0 Å². The zero-order chi connectivity index (χ0) is 22.3. The SMILES string of the molecule is CCn1nccc1C(=O)N1CCC2(CC1)C(=O)N(c1cccc(F)c1)C2c1ccccc1. The van der Waals surface area contributed by atoms with Gasteiger partial charge < -0.3 is 9.80 Å². The van der Waals surface area contributed by atoms with E-state index in [9.17, 15) is 14.0 Å². The normalized spacial score (nSPS) is 19.8. The zero-order valence-corrected chi connectivity index (χ0v) is 17.9. The molecule has 0 bridgehead atoms. The van der Waals surface area contributed by atoms with Crippen molar-refractivity contribution in [1.82, 2.24) is 14.7 Å². The molecule has 164 valence electrons. The molecule has 1 aromatic heterocycles. The second-order valence-corrected chi connectivity index (χ2v) is 8.45. The quantitative estimate of drug-likeness (QED) is 0.585. The van der Waals surface area contributed by atoms with Gasteiger partial charge in [0, 0.05) is 31.5 Å². The summed E-state index contributed by atoms with van der Waals surface area (Å²) in [7, 11) is 0. The molecule has 32 heavy (non-hydrogen) atoms. The minimum Gasteiger partial charge on any atom is -0.337 e. The fourth-order valence-electron chi connectivity index (χ4n) is 5.18. The van der Waals surface area contributed by atoms with Crippen LogP contribution in [-0.4, -0.2) is 39.6 Å². The van der Waals surface area contributed by atoms with Crippen LogP contribution in [0.25, 0.3) is 0 Å². The van der Waals surface area contributed by atoms with Gasteiger partial charge in [0.05, 0.1) is 11.5 Å². The Morgan fingerprint density at radius 1 is 1.09 bits per heavy atom. The molecule has 2 aliphatic heterocycles. The minimum atomic E-state index is -0.588. The summed E-state index contributed by atoms with van der Waals surface area (Å²) in [6.07, 6.45) is 2.78. The summed E-state index contributed by atoms with van der Waals surface area (Å²) in [5.74, 6) is -0.414. The summed E-state index contributed by atoms with van der Waals surface area (Å²) >= 11 is 0. The monoisotopic (exact) mass is 432 g/mol. The van der Waals surface area contributed by atoms with Gasteiger partial charge in [0.2, 0.25) is 5.91 Å². The molecule has 2 fully saturated rings. The lowest BCUT2D eigenvalue weighted by Crippen LogP contribution is -2.67. The molecular weight excluding hydrogens is 407 g/mol. The molecule has 0 aliphatic carbocycles. The number of nitrogens with zero attached hydrogens (tertiary/aromatic N) is 4. The number of benzene rings is 2. The van der Waals surface area contributed by atoms with Gasteiger partial charge in [-0.05, 0) is 49.6 Å². The maximum absolute atomic E-state index is 13.9. The van der Waals surface area contributed by atoms with E-state index in [4.69, 9.17) is 0 Å². The largest absolute Gasteiger partial charge is 0.337 e. The first-order valence-corrected chi connectivity index (χ1v) is 11.0. The lowest BCUT2D eigenvalue weighted by Gasteiger charge is -2.59. The van der Waals surface area contributed by atoms with E-state index in [2.05, 4.69) is 5.10 Å². The number of aryl methyl sites for hydroxylation is 1. The fourth-order valence-corrected chi connectivity index (χ4v) is 5.18. The van der Waals surface area contributed by atoms with Gasteiger partial charge in [0.25, 0.3) is 5.91 Å². The highest BCUT2D eigenvalue weighted by atomic mass is 19.1. The molecule has 2 saturated heterocycles. The summed E-state index contributed by atoms with van der Waals surface area (Å²) in [6, 6.07) is 17.6. The van der Waals surface area contributed by atoms with Crippen molar-refractivity contribution in [2.24, 2.45) is 5.41 Å². The van der Waals surface area contributed by atoms with Crippen LogP contribution in [0.5, 0.6) is 0 Å². The molecule has 0 radical (unpaired) electrons. The molecule has 1 spiro atoms. The van der Waals surface area contributed by atoms with Crippen molar-refractivity contribution in [2.75, 3.05) is 18.0 Å². The molecule has 2 amide bonds. The standard InChI is InChI=1S/C25H25FN4O2/c1-2-29-21(11-14-27-29)23(31)28-15-12-25(13-16-28)22(18-7-4-3-5-8-18)30(24(25)32)20-10-6-9-19(26)17-20/h3-11,14,17,22H,2,12-13,15-16H2,1H3. The van der Waals surface area contributed by atoms with Gasteiger partial charge in [-0.3, -0.25) is 14.3 Å². The third-order valence-corrected chi connectivity index (χ3v) is 6.81. The highest BCUT2D eigenvalue weighted by Crippen LogP contribution is 2.57. The van der Waals surface area contributed by atoms with Crippen LogP contribution in [0, 0.1) is 11.2 Å². The third kappa shape index (κ3) is 3.11. The Morgan fingerprint density at radius 3 is 2.53 bits per heavy atom. The van der Waals surface area contributed by atoms with Gasteiger partial charge in [0.15, 0.2) is 0 Å². The third-order valence-electron chi connectivity index (χ3n) is 6.81. The smallest absolute Gasteiger partial charge is 0.272 e. The first-order valence-electron chi connectivity index (χ1n) is 11.0. The highest BCUT2D eigenvalue weighted by molar-refractivity contribution is 6.06. The first kappa shape index (κ1) is 20.4. The van der Waals surface area contributed by atoms with Crippen LogP contribution in [0.4, 0.5) is 10.1 Å². The van der Waals surface area contributed by atoms with Gasteiger partial charge in [-0.1, -0.05) is 36.4 Å². The Balaban J connectivity index is 1.42. The number of rotatable bonds is 4. The van der Waals surface area contributed by atoms with E-state index in [0.717, 1.165) is 5.56 Å². The molecule has 3 heterocycles. The van der Waals surface area contributed by atoms with Crippen LogP contribution < -0.4 is 4.90 Å². The Bertz CT molecular complexity index is 1150. The van der Waals surface area contributed by atoms with Crippen molar-refractivity contribution in [2.45, 2.75) is 32.4 Å². The lowest BCUT2D eigenvalue weighted by molar-refractivity contribution is -0.144. The van der Waals surface area contributed by atoms with E-state index in [1.54, 1.807) is 34.0 Å². The summed E-state index contributed by atoms with van der Waals surface area (Å²) in [6.45, 7) is 3.58. The molecule has 1 unspecified atom stereocenters. The van der Waals surface area contributed by atoms with Crippen molar-refractivity contribution in [3.63, 3.8) is 0 Å². The highest BCUT2D eigenvalue weighted by Gasteiger charge is 2.62. The maximum atomic E-state index is 13.9. The van der Waals surface area contributed by atoms with E-state index < -0.39 is 5.41 Å². The van der Waals surface area contributed by atoms with E-state index in [1.165, 1.54) is 12.1 Å². The van der Waals surface area contributed by atoms with E-state index in [-0.39, 0.29) is 23.7 Å². The van der Waals surface area contributed by atoms with Crippen molar-refractivity contribution in [3.8, 4) is 0 Å². The van der Waals surface area contributed by atoms with Gasteiger partial charge in [-0.25, -0.2) is 4.39 Å². The van der Waals surface area contributed by atoms with E-state index >= 15 is 0 Å². The Hall–Kier alpha value is -3.48. The molecule has 0 N–H and O–H groups in total. The van der Waals surface area contributed by atoms with Crippen molar-refractivity contribution >= 4 is 17.5 Å². The number of likely N-dealkylation sites (tertiary alicyclic amines) is 1. The molecule has 3 aromatic rings. The van der Waals surface area contributed by atoms with E-state index in [0.29, 0.717) is 43.9 Å². The van der Waals surface area contributed by atoms with Crippen LogP contribution in [0.3, 0.4) is 0 Å². The van der Waals surface area contributed by atoms with Crippen LogP contribution in [0.1, 0.15) is 41.9 Å². The first-order chi connectivity index (χ1) is 15.5. The van der Waals surface area contributed by atoms with Gasteiger partial charge in [-0.2, -0.15) is 5.10 Å². The summed E-state index contributed by atoms with van der Waals surface area (Å²) in [5, 5.41) is 4.20. The number of carbonyl (C=O) groups is 2. The number of carbonyl (C=O) groups excluding carboxylic acids is 2. The molecule has 6 nitrogen and oxygen atoms in total. The predicted octanol–water partition coefficient (Wildman–Crippen LogP) is 4.05. The summed E-state index contributed by atoms with van der Waals surface area (Å²) in [4.78, 5) is 30.1. The number of piperidine rings is 1.